The Morgan fingerprint density at radius 1 is 1.00 bits per heavy atom. The van der Waals surface area contributed by atoms with Crippen LogP contribution >= 0.6 is 11.6 Å². The number of hydrogen-bond acceptors (Lipinski definition) is 5. The highest BCUT2D eigenvalue weighted by molar-refractivity contribution is 7.92. The number of anilines is 2. The Balaban J connectivity index is 2.16. The van der Waals surface area contributed by atoms with Crippen LogP contribution in [0, 0.1) is 0 Å². The van der Waals surface area contributed by atoms with E-state index < -0.39 is 32.5 Å². The highest BCUT2D eigenvalue weighted by Crippen LogP contribution is 2.21. The largest absolute Gasteiger partial charge is 0.325 e. The molecule has 0 fully saturated rings. The molecule has 0 radical (unpaired) electrons. The predicted molar refractivity (Wildman–Crippen MR) is 115 cm³/mol. The number of carbonyl (C=O) groups excluding carboxylic acids is 1. The first-order chi connectivity index (χ1) is 13.4. The van der Waals surface area contributed by atoms with E-state index in [4.69, 9.17) is 11.6 Å². The monoisotopic (exact) mass is 459 g/mol. The molecule has 0 unspecified atom stereocenters. The molecule has 0 spiro atoms. The molecule has 0 saturated carbocycles. The van der Waals surface area contributed by atoms with Crippen LogP contribution in [0.1, 0.15) is 5.56 Å². The van der Waals surface area contributed by atoms with Crippen LogP contribution in [-0.4, -0.2) is 53.2 Å². The van der Waals surface area contributed by atoms with E-state index >= 15 is 0 Å². The van der Waals surface area contributed by atoms with Gasteiger partial charge in [0.05, 0.1) is 24.7 Å². The summed E-state index contributed by atoms with van der Waals surface area (Å²) in [5.41, 5.74) is 1.28. The van der Waals surface area contributed by atoms with Crippen molar-refractivity contribution in [2.45, 2.75) is 6.54 Å². The van der Waals surface area contributed by atoms with Crippen LogP contribution in [0.2, 0.25) is 5.02 Å². The van der Waals surface area contributed by atoms with Gasteiger partial charge in [-0.1, -0.05) is 35.9 Å². The highest BCUT2D eigenvalue weighted by Gasteiger charge is 2.22. The number of nitrogens with zero attached hydrogens (tertiary/aromatic N) is 2. The second-order valence-corrected chi connectivity index (χ2v) is 10.9. The number of nitrogens with one attached hydrogen (secondary N) is 1. The lowest BCUT2D eigenvalue weighted by atomic mass is 10.2. The van der Waals surface area contributed by atoms with Gasteiger partial charge in [-0.05, 0) is 29.8 Å². The van der Waals surface area contributed by atoms with Crippen molar-refractivity contribution in [1.82, 2.24) is 4.31 Å². The molecule has 2 aromatic rings. The van der Waals surface area contributed by atoms with Crippen molar-refractivity contribution in [2.24, 2.45) is 0 Å². The van der Waals surface area contributed by atoms with Crippen LogP contribution < -0.4 is 9.62 Å². The van der Waals surface area contributed by atoms with E-state index in [2.05, 4.69) is 5.32 Å². The smallest absolute Gasteiger partial charge is 0.239 e. The summed E-state index contributed by atoms with van der Waals surface area (Å²) >= 11 is 6.09. The Kier molecular flexibility index (Phi) is 7.28. The molecule has 0 aliphatic heterocycles. The third-order valence-corrected chi connectivity index (χ3v) is 6.86. The topological polar surface area (TPSA) is 104 Å². The van der Waals surface area contributed by atoms with Crippen LogP contribution in [0.3, 0.4) is 0 Å². The summed E-state index contributed by atoms with van der Waals surface area (Å²) in [6, 6.07) is 13.0. The first-order valence-corrected chi connectivity index (χ1v) is 12.5. The molecule has 0 saturated heterocycles. The lowest BCUT2D eigenvalue weighted by Crippen LogP contribution is -2.37. The molecule has 0 heterocycles. The molecule has 0 bridgehead atoms. The summed E-state index contributed by atoms with van der Waals surface area (Å²) in [6.07, 6.45) is 2.08. The Morgan fingerprint density at radius 3 is 2.24 bits per heavy atom. The second kappa shape index (κ2) is 9.12. The van der Waals surface area contributed by atoms with Gasteiger partial charge in [0.15, 0.2) is 0 Å². The third-order valence-electron chi connectivity index (χ3n) is 4.08. The summed E-state index contributed by atoms with van der Waals surface area (Å²) in [5.74, 6) is -0.568. The fourth-order valence-electron chi connectivity index (χ4n) is 2.44. The maximum absolute atomic E-state index is 12.4. The summed E-state index contributed by atoms with van der Waals surface area (Å²) in [7, 11) is -5.75. The molecule has 1 N–H and O–H groups in total. The number of rotatable bonds is 8. The van der Waals surface area contributed by atoms with Crippen molar-refractivity contribution in [2.75, 3.05) is 35.7 Å². The zero-order valence-corrected chi connectivity index (χ0v) is 18.6. The van der Waals surface area contributed by atoms with Crippen molar-refractivity contribution in [1.29, 1.82) is 0 Å². The normalized spacial score (nSPS) is 12.0. The van der Waals surface area contributed by atoms with Gasteiger partial charge < -0.3 is 5.32 Å². The van der Waals surface area contributed by atoms with E-state index in [9.17, 15) is 21.6 Å². The molecular weight excluding hydrogens is 438 g/mol. The van der Waals surface area contributed by atoms with Gasteiger partial charge in [-0.25, -0.2) is 16.8 Å². The van der Waals surface area contributed by atoms with Crippen molar-refractivity contribution in [3.05, 3.63) is 59.1 Å². The van der Waals surface area contributed by atoms with Crippen molar-refractivity contribution in [3.8, 4) is 0 Å². The average molecular weight is 460 g/mol. The molecule has 0 atom stereocenters. The fourth-order valence-corrected chi connectivity index (χ4v) is 3.86. The Bertz CT molecular complexity index is 1100. The minimum Gasteiger partial charge on any atom is -0.325 e. The summed E-state index contributed by atoms with van der Waals surface area (Å²) in [4.78, 5) is 12.4. The van der Waals surface area contributed by atoms with E-state index in [1.165, 1.54) is 13.1 Å². The van der Waals surface area contributed by atoms with E-state index in [1.54, 1.807) is 42.5 Å². The lowest BCUT2D eigenvalue weighted by Gasteiger charge is -2.21. The maximum Gasteiger partial charge on any atom is 0.239 e. The number of carbonyl (C=O) groups is 1. The molecule has 8 nitrogen and oxygen atoms in total. The second-order valence-electron chi connectivity index (χ2n) is 6.45. The maximum atomic E-state index is 12.4. The molecule has 0 aliphatic rings. The quantitative estimate of drug-likeness (QED) is 0.651. The van der Waals surface area contributed by atoms with E-state index in [1.807, 2.05) is 0 Å². The van der Waals surface area contributed by atoms with Gasteiger partial charge in [-0.3, -0.25) is 9.10 Å². The molecule has 1 amide bonds. The van der Waals surface area contributed by atoms with E-state index in [0.717, 1.165) is 21.1 Å². The standard InChI is InChI=1S/C18H22ClN3O5S2/c1-21(28(2,24)25)16-9-6-8-15(11-16)20-18(23)13-22(29(3,26)27)12-14-7-4-5-10-17(14)19/h4-11H,12-13H2,1-3H3,(H,20,23). The van der Waals surface area contributed by atoms with Gasteiger partial charge in [0.2, 0.25) is 26.0 Å². The molecule has 11 heteroatoms. The number of halogens is 1. The molecule has 0 aliphatic carbocycles. The predicted octanol–water partition coefficient (Wildman–Crippen LogP) is 2.14. The first kappa shape index (κ1) is 23.1. The zero-order chi connectivity index (χ0) is 21.8. The van der Waals surface area contributed by atoms with Crippen molar-refractivity contribution in [3.63, 3.8) is 0 Å². The van der Waals surface area contributed by atoms with Crippen molar-refractivity contribution >= 4 is 48.9 Å². The third kappa shape index (κ3) is 6.70. The minimum absolute atomic E-state index is 0.0528. The van der Waals surface area contributed by atoms with Crippen LogP contribution in [0.15, 0.2) is 48.5 Å². The van der Waals surface area contributed by atoms with Gasteiger partial charge in [-0.2, -0.15) is 4.31 Å². The number of amides is 1. The molecular formula is C18H22ClN3O5S2. The molecule has 2 rings (SSSR count). The Morgan fingerprint density at radius 2 is 1.66 bits per heavy atom. The summed E-state index contributed by atoms with van der Waals surface area (Å²) in [6.45, 7) is -0.473. The number of hydrogen-bond donors (Lipinski definition) is 1. The minimum atomic E-state index is -3.68. The average Bonchev–Trinajstić information content (AvgIpc) is 2.61. The highest BCUT2D eigenvalue weighted by atomic mass is 35.5. The SMILES string of the molecule is CN(c1cccc(NC(=O)CN(Cc2ccccc2Cl)S(C)(=O)=O)c1)S(C)(=O)=O. The summed E-state index contributed by atoms with van der Waals surface area (Å²) in [5, 5.41) is 2.99. The van der Waals surface area contributed by atoms with Gasteiger partial charge in [0.25, 0.3) is 0 Å². The Hall–Kier alpha value is -2.14. The van der Waals surface area contributed by atoms with Crippen LogP contribution in [0.4, 0.5) is 11.4 Å². The number of benzene rings is 2. The van der Waals surface area contributed by atoms with E-state index in [0.29, 0.717) is 22.0 Å². The molecule has 158 valence electrons. The first-order valence-electron chi connectivity index (χ1n) is 8.40. The van der Waals surface area contributed by atoms with Gasteiger partial charge in [-0.15, -0.1) is 0 Å². The molecule has 2 aromatic carbocycles. The van der Waals surface area contributed by atoms with Crippen molar-refractivity contribution < 1.29 is 21.6 Å². The van der Waals surface area contributed by atoms with Gasteiger partial charge >= 0.3 is 0 Å². The van der Waals surface area contributed by atoms with Gasteiger partial charge in [0, 0.05) is 24.3 Å². The fraction of sp³-hybridized carbons (Fsp3) is 0.278. The Labute approximate surface area is 176 Å². The molecule has 29 heavy (non-hydrogen) atoms. The van der Waals surface area contributed by atoms with E-state index in [-0.39, 0.29) is 6.54 Å². The van der Waals surface area contributed by atoms with Crippen LogP contribution in [0.25, 0.3) is 0 Å². The van der Waals surface area contributed by atoms with Gasteiger partial charge in [0.1, 0.15) is 0 Å². The lowest BCUT2D eigenvalue weighted by molar-refractivity contribution is -0.116. The van der Waals surface area contributed by atoms with Crippen LogP contribution in [-0.2, 0) is 31.4 Å². The molecule has 0 aromatic heterocycles. The summed E-state index contributed by atoms with van der Waals surface area (Å²) < 4.78 is 49.7. The zero-order valence-electron chi connectivity index (χ0n) is 16.2. The number of sulfonamides is 2. The van der Waals surface area contributed by atoms with Crippen LogP contribution in [0.5, 0.6) is 0 Å².